The van der Waals surface area contributed by atoms with Crippen LogP contribution in [0.3, 0.4) is 0 Å². The van der Waals surface area contributed by atoms with Gasteiger partial charge in [0.1, 0.15) is 11.6 Å². The van der Waals surface area contributed by atoms with Crippen molar-refractivity contribution in [1.82, 2.24) is 4.90 Å². The lowest BCUT2D eigenvalue weighted by molar-refractivity contribution is -0.142. The molecule has 2 amide bonds. The molecule has 146 valence electrons. The molecule has 0 bridgehead atoms. The molecular weight excluding hydrogens is 363 g/mol. The Balaban J connectivity index is 1.56. The molecule has 0 saturated carbocycles. The summed E-state index contributed by atoms with van der Waals surface area (Å²) in [5, 5.41) is 0. The maximum atomic E-state index is 13.5. The smallest absolute Gasteiger partial charge is 0.265 e. The minimum atomic E-state index is -0.774. The summed E-state index contributed by atoms with van der Waals surface area (Å²) in [4.78, 5) is 29.1. The van der Waals surface area contributed by atoms with Crippen molar-refractivity contribution in [2.24, 2.45) is 0 Å². The van der Waals surface area contributed by atoms with Crippen LogP contribution in [0.15, 0.2) is 48.5 Å². The SMILES string of the molecule is O=C([C@H]1CN(C(=O)Cc2cccc(F)c2)c2ccccc2O1)N1CCOCC1. The van der Waals surface area contributed by atoms with E-state index in [9.17, 15) is 14.0 Å². The van der Waals surface area contributed by atoms with Gasteiger partial charge in [0, 0.05) is 13.1 Å². The van der Waals surface area contributed by atoms with E-state index in [1.54, 1.807) is 40.1 Å². The van der Waals surface area contributed by atoms with Crippen molar-refractivity contribution in [3.05, 3.63) is 59.9 Å². The van der Waals surface area contributed by atoms with Crippen molar-refractivity contribution in [1.29, 1.82) is 0 Å². The molecular formula is C21H21FN2O4. The molecule has 2 aliphatic heterocycles. The van der Waals surface area contributed by atoms with Gasteiger partial charge in [0.05, 0.1) is 31.9 Å². The van der Waals surface area contributed by atoms with Crippen LogP contribution in [0.2, 0.25) is 0 Å². The molecule has 0 spiro atoms. The number of rotatable bonds is 3. The van der Waals surface area contributed by atoms with Crippen LogP contribution in [0.25, 0.3) is 0 Å². The van der Waals surface area contributed by atoms with E-state index in [-0.39, 0.29) is 30.6 Å². The standard InChI is InChI=1S/C21H21FN2O4/c22-16-5-3-4-15(12-16)13-20(25)24-14-19(21(26)23-8-10-27-11-9-23)28-18-7-2-1-6-17(18)24/h1-7,12,19H,8-11,13-14H2/t19-/m1/s1. The Labute approximate surface area is 162 Å². The van der Waals surface area contributed by atoms with Crippen LogP contribution in [0, 0.1) is 5.82 Å². The fraction of sp³-hybridized carbons (Fsp3) is 0.333. The first-order chi connectivity index (χ1) is 13.6. The molecule has 1 atom stereocenters. The molecule has 2 aromatic carbocycles. The van der Waals surface area contributed by atoms with E-state index >= 15 is 0 Å². The van der Waals surface area contributed by atoms with Gasteiger partial charge in [0.25, 0.3) is 5.91 Å². The fourth-order valence-corrected chi connectivity index (χ4v) is 3.50. The van der Waals surface area contributed by atoms with Crippen molar-refractivity contribution in [3.63, 3.8) is 0 Å². The summed E-state index contributed by atoms with van der Waals surface area (Å²) in [7, 11) is 0. The molecule has 0 aliphatic carbocycles. The van der Waals surface area contributed by atoms with Gasteiger partial charge in [-0.05, 0) is 29.8 Å². The monoisotopic (exact) mass is 384 g/mol. The first-order valence-corrected chi connectivity index (χ1v) is 9.29. The number of hydrogen-bond acceptors (Lipinski definition) is 4. The van der Waals surface area contributed by atoms with E-state index in [1.807, 2.05) is 6.07 Å². The van der Waals surface area contributed by atoms with Crippen LogP contribution < -0.4 is 9.64 Å². The van der Waals surface area contributed by atoms with Gasteiger partial charge in [0.2, 0.25) is 5.91 Å². The summed E-state index contributed by atoms with van der Waals surface area (Å²) >= 11 is 0. The number of carbonyl (C=O) groups excluding carboxylic acids is 2. The first kappa shape index (κ1) is 18.4. The van der Waals surface area contributed by atoms with E-state index in [4.69, 9.17) is 9.47 Å². The Morgan fingerprint density at radius 1 is 1.07 bits per heavy atom. The molecule has 28 heavy (non-hydrogen) atoms. The predicted molar refractivity (Wildman–Crippen MR) is 101 cm³/mol. The lowest BCUT2D eigenvalue weighted by atomic mass is 10.1. The highest BCUT2D eigenvalue weighted by Crippen LogP contribution is 2.34. The second-order valence-corrected chi connectivity index (χ2v) is 6.82. The zero-order chi connectivity index (χ0) is 19.5. The molecule has 0 N–H and O–H groups in total. The molecule has 1 fully saturated rings. The van der Waals surface area contributed by atoms with Gasteiger partial charge in [-0.1, -0.05) is 24.3 Å². The third kappa shape index (κ3) is 3.84. The molecule has 6 nitrogen and oxygen atoms in total. The minimum absolute atomic E-state index is 0.0462. The number of ether oxygens (including phenoxy) is 2. The average molecular weight is 384 g/mol. The van der Waals surface area contributed by atoms with Crippen molar-refractivity contribution < 1.29 is 23.5 Å². The molecule has 0 unspecified atom stereocenters. The Hall–Kier alpha value is -2.93. The number of halogens is 1. The Morgan fingerprint density at radius 2 is 1.86 bits per heavy atom. The molecule has 1 saturated heterocycles. The van der Waals surface area contributed by atoms with Gasteiger partial charge in [-0.2, -0.15) is 0 Å². The van der Waals surface area contributed by atoms with E-state index in [2.05, 4.69) is 0 Å². The van der Waals surface area contributed by atoms with Gasteiger partial charge in [-0.25, -0.2) is 4.39 Å². The molecule has 0 radical (unpaired) electrons. The van der Waals surface area contributed by atoms with Gasteiger partial charge in [-0.15, -0.1) is 0 Å². The first-order valence-electron chi connectivity index (χ1n) is 9.29. The van der Waals surface area contributed by atoms with Gasteiger partial charge in [0.15, 0.2) is 6.10 Å². The lowest BCUT2D eigenvalue weighted by Crippen LogP contribution is -2.54. The number of benzene rings is 2. The Bertz CT molecular complexity index is 882. The normalized spacial score (nSPS) is 19.0. The van der Waals surface area contributed by atoms with Crippen LogP contribution in [-0.4, -0.2) is 55.7 Å². The predicted octanol–water partition coefficient (Wildman–Crippen LogP) is 2.02. The van der Waals surface area contributed by atoms with Crippen LogP contribution in [0.1, 0.15) is 5.56 Å². The highest BCUT2D eigenvalue weighted by Gasteiger charge is 2.36. The van der Waals surface area contributed by atoms with Crippen molar-refractivity contribution in [2.75, 3.05) is 37.7 Å². The summed E-state index contributed by atoms with van der Waals surface area (Å²) in [6, 6.07) is 13.1. The third-order valence-electron chi connectivity index (χ3n) is 4.92. The number of fused-ring (bicyclic) bond motifs is 1. The molecule has 7 heteroatoms. The summed E-state index contributed by atoms with van der Waals surface area (Å²) in [6.07, 6.45) is -0.727. The van der Waals surface area contributed by atoms with E-state index in [1.165, 1.54) is 12.1 Å². The Morgan fingerprint density at radius 3 is 2.64 bits per heavy atom. The number of para-hydroxylation sites is 2. The number of hydrogen-bond donors (Lipinski definition) is 0. The number of carbonyl (C=O) groups is 2. The number of morpholine rings is 1. The highest BCUT2D eigenvalue weighted by molar-refractivity contribution is 5.98. The topological polar surface area (TPSA) is 59.1 Å². The fourth-order valence-electron chi connectivity index (χ4n) is 3.50. The van der Waals surface area contributed by atoms with Gasteiger partial charge in [-0.3, -0.25) is 9.59 Å². The summed E-state index contributed by atoms with van der Waals surface area (Å²) in [6.45, 7) is 2.14. The number of amides is 2. The average Bonchev–Trinajstić information content (AvgIpc) is 2.73. The van der Waals surface area contributed by atoms with E-state index < -0.39 is 6.10 Å². The van der Waals surface area contributed by atoms with E-state index in [0.29, 0.717) is 43.3 Å². The summed E-state index contributed by atoms with van der Waals surface area (Å²) in [5.74, 6) is -0.247. The second-order valence-electron chi connectivity index (χ2n) is 6.82. The number of anilines is 1. The molecule has 2 aromatic rings. The van der Waals surface area contributed by atoms with E-state index in [0.717, 1.165) is 0 Å². The highest BCUT2D eigenvalue weighted by atomic mass is 19.1. The van der Waals surface area contributed by atoms with Crippen molar-refractivity contribution in [3.8, 4) is 5.75 Å². The molecule has 2 heterocycles. The minimum Gasteiger partial charge on any atom is -0.476 e. The lowest BCUT2D eigenvalue weighted by Gasteiger charge is -2.37. The molecule has 2 aliphatic rings. The summed E-state index contributed by atoms with van der Waals surface area (Å²) in [5.41, 5.74) is 1.21. The molecule has 4 rings (SSSR count). The largest absolute Gasteiger partial charge is 0.476 e. The zero-order valence-corrected chi connectivity index (χ0v) is 15.3. The van der Waals surface area contributed by atoms with Crippen molar-refractivity contribution in [2.45, 2.75) is 12.5 Å². The Kier molecular flexibility index (Phi) is 5.25. The number of nitrogens with zero attached hydrogens (tertiary/aromatic N) is 2. The third-order valence-corrected chi connectivity index (χ3v) is 4.92. The maximum Gasteiger partial charge on any atom is 0.265 e. The zero-order valence-electron chi connectivity index (χ0n) is 15.3. The second kappa shape index (κ2) is 7.98. The van der Waals surface area contributed by atoms with Crippen LogP contribution in [-0.2, 0) is 20.7 Å². The quantitative estimate of drug-likeness (QED) is 0.813. The maximum absolute atomic E-state index is 13.5. The van der Waals surface area contributed by atoms with Crippen LogP contribution >= 0.6 is 0 Å². The van der Waals surface area contributed by atoms with Gasteiger partial charge >= 0.3 is 0 Å². The van der Waals surface area contributed by atoms with Gasteiger partial charge < -0.3 is 19.3 Å². The van der Waals surface area contributed by atoms with Crippen LogP contribution in [0.5, 0.6) is 5.75 Å². The van der Waals surface area contributed by atoms with Crippen LogP contribution in [0.4, 0.5) is 10.1 Å². The van der Waals surface area contributed by atoms with Crippen molar-refractivity contribution >= 4 is 17.5 Å². The summed E-state index contributed by atoms with van der Waals surface area (Å²) < 4.78 is 24.7. The molecule has 0 aromatic heterocycles.